The van der Waals surface area contributed by atoms with Crippen LogP contribution in [0.15, 0.2) is 23.8 Å². The molecule has 0 aliphatic heterocycles. The molecular formula is C12H19NO2. The Morgan fingerprint density at radius 3 is 2.93 bits per heavy atom. The van der Waals surface area contributed by atoms with Crippen LogP contribution in [0.4, 0.5) is 4.79 Å². The molecule has 1 N–H and O–H groups in total. The van der Waals surface area contributed by atoms with Crippen LogP contribution in [0.2, 0.25) is 0 Å². The van der Waals surface area contributed by atoms with Gasteiger partial charge in [-0.25, -0.2) is 4.79 Å². The first-order valence-electron chi connectivity index (χ1n) is 5.31. The van der Waals surface area contributed by atoms with Gasteiger partial charge in [0.05, 0.1) is 0 Å². The summed E-state index contributed by atoms with van der Waals surface area (Å²) in [5.41, 5.74) is 2.47. The van der Waals surface area contributed by atoms with Crippen molar-refractivity contribution in [3.05, 3.63) is 23.8 Å². The minimum absolute atomic E-state index is 0.363. The third-order valence-electron chi connectivity index (χ3n) is 2.79. The fourth-order valence-electron chi connectivity index (χ4n) is 1.70. The monoisotopic (exact) mass is 209 g/mol. The second-order valence-corrected chi connectivity index (χ2v) is 4.01. The molecule has 0 aromatic heterocycles. The summed E-state index contributed by atoms with van der Waals surface area (Å²) in [5, 5.41) is 2.43. The highest BCUT2D eigenvalue weighted by Gasteiger charge is 2.15. The molecule has 1 amide bonds. The molecule has 0 bridgehead atoms. The van der Waals surface area contributed by atoms with Crippen molar-refractivity contribution in [3.8, 4) is 0 Å². The fourth-order valence-corrected chi connectivity index (χ4v) is 1.70. The summed E-state index contributed by atoms with van der Waals surface area (Å²) in [6.45, 7) is 6.46. The Kier molecular flexibility index (Phi) is 4.40. The van der Waals surface area contributed by atoms with Gasteiger partial charge in [-0.1, -0.05) is 18.2 Å². The van der Waals surface area contributed by atoms with Crippen LogP contribution < -0.4 is 5.32 Å². The highest BCUT2D eigenvalue weighted by molar-refractivity contribution is 5.66. The van der Waals surface area contributed by atoms with E-state index in [4.69, 9.17) is 4.74 Å². The van der Waals surface area contributed by atoms with Crippen LogP contribution in [0.3, 0.4) is 0 Å². The Balaban J connectivity index is 2.34. The molecule has 1 aliphatic carbocycles. The van der Waals surface area contributed by atoms with E-state index in [1.807, 2.05) is 0 Å². The van der Waals surface area contributed by atoms with Gasteiger partial charge in [0.25, 0.3) is 0 Å². The quantitative estimate of drug-likeness (QED) is 0.726. The maximum absolute atomic E-state index is 10.9. The first-order valence-corrected chi connectivity index (χ1v) is 5.31. The molecule has 1 atom stereocenters. The zero-order chi connectivity index (χ0) is 11.3. The highest BCUT2D eigenvalue weighted by atomic mass is 16.5. The van der Waals surface area contributed by atoms with Crippen molar-refractivity contribution in [3.63, 3.8) is 0 Å². The lowest BCUT2D eigenvalue weighted by molar-refractivity contribution is 0.156. The van der Waals surface area contributed by atoms with E-state index >= 15 is 0 Å². The van der Waals surface area contributed by atoms with Gasteiger partial charge in [-0.05, 0) is 37.7 Å². The van der Waals surface area contributed by atoms with Gasteiger partial charge in [-0.3, -0.25) is 0 Å². The van der Waals surface area contributed by atoms with Gasteiger partial charge in [0, 0.05) is 7.05 Å². The number of rotatable bonds is 3. The third-order valence-corrected chi connectivity index (χ3v) is 2.79. The van der Waals surface area contributed by atoms with Crippen LogP contribution in [-0.4, -0.2) is 19.7 Å². The Morgan fingerprint density at radius 1 is 1.73 bits per heavy atom. The number of carbonyl (C=O) groups is 1. The number of carbonyl (C=O) groups excluding carboxylic acids is 1. The van der Waals surface area contributed by atoms with E-state index in [2.05, 4.69) is 24.9 Å². The Bertz CT molecular complexity index is 281. The van der Waals surface area contributed by atoms with Gasteiger partial charge in [0.2, 0.25) is 0 Å². The zero-order valence-corrected chi connectivity index (χ0v) is 9.51. The van der Waals surface area contributed by atoms with E-state index in [1.165, 1.54) is 11.1 Å². The standard InChI is InChI=1S/C12H19NO2/c1-9(2)11-6-4-10(5-7-11)8-15-12(14)13-3/h4,11H,1,5-8H2,2-3H3,(H,13,14)/t11-/m1/s1. The van der Waals surface area contributed by atoms with E-state index in [0.717, 1.165) is 19.3 Å². The average molecular weight is 209 g/mol. The molecule has 15 heavy (non-hydrogen) atoms. The van der Waals surface area contributed by atoms with E-state index in [0.29, 0.717) is 12.5 Å². The molecule has 0 radical (unpaired) electrons. The summed E-state index contributed by atoms with van der Waals surface area (Å²) in [5.74, 6) is 0.605. The van der Waals surface area contributed by atoms with Gasteiger partial charge in [0.1, 0.15) is 6.61 Å². The van der Waals surface area contributed by atoms with E-state index in [9.17, 15) is 4.79 Å². The highest BCUT2D eigenvalue weighted by Crippen LogP contribution is 2.28. The second-order valence-electron chi connectivity index (χ2n) is 4.01. The SMILES string of the molecule is C=C(C)[C@@H]1CC=C(COC(=O)NC)CC1. The zero-order valence-electron chi connectivity index (χ0n) is 9.51. The molecule has 0 saturated carbocycles. The van der Waals surface area contributed by atoms with Crippen molar-refractivity contribution in [2.45, 2.75) is 26.2 Å². The second kappa shape index (κ2) is 5.59. The number of nitrogens with one attached hydrogen (secondary N) is 1. The molecular weight excluding hydrogens is 190 g/mol. The number of ether oxygens (including phenoxy) is 1. The lowest BCUT2D eigenvalue weighted by Crippen LogP contribution is -2.21. The number of hydrogen-bond donors (Lipinski definition) is 1. The minimum atomic E-state index is -0.363. The molecule has 1 rings (SSSR count). The molecule has 0 spiro atoms. The van der Waals surface area contributed by atoms with Crippen LogP contribution in [0, 0.1) is 5.92 Å². The van der Waals surface area contributed by atoms with E-state index in [-0.39, 0.29) is 6.09 Å². The topological polar surface area (TPSA) is 38.3 Å². The summed E-state index contributed by atoms with van der Waals surface area (Å²) in [4.78, 5) is 10.9. The first kappa shape index (κ1) is 11.8. The molecule has 3 nitrogen and oxygen atoms in total. The molecule has 0 aromatic carbocycles. The molecule has 0 saturated heterocycles. The summed E-state index contributed by atoms with van der Waals surface area (Å²) in [6, 6.07) is 0. The van der Waals surface area contributed by atoms with Crippen LogP contribution >= 0.6 is 0 Å². The van der Waals surface area contributed by atoms with Gasteiger partial charge in [-0.2, -0.15) is 0 Å². The maximum Gasteiger partial charge on any atom is 0.407 e. The van der Waals surface area contributed by atoms with Crippen molar-refractivity contribution in [2.75, 3.05) is 13.7 Å². The number of allylic oxidation sites excluding steroid dienone is 2. The van der Waals surface area contributed by atoms with Gasteiger partial charge in [0.15, 0.2) is 0 Å². The number of alkyl carbamates (subject to hydrolysis) is 1. The maximum atomic E-state index is 10.9. The summed E-state index contributed by atoms with van der Waals surface area (Å²) < 4.78 is 4.99. The van der Waals surface area contributed by atoms with Crippen LogP contribution in [0.5, 0.6) is 0 Å². The van der Waals surface area contributed by atoms with Gasteiger partial charge >= 0.3 is 6.09 Å². The molecule has 84 valence electrons. The van der Waals surface area contributed by atoms with Gasteiger partial charge in [-0.15, -0.1) is 0 Å². The Labute approximate surface area is 91.2 Å². The smallest absolute Gasteiger partial charge is 0.407 e. The molecule has 3 heteroatoms. The summed E-state index contributed by atoms with van der Waals surface area (Å²) >= 11 is 0. The van der Waals surface area contributed by atoms with Crippen LogP contribution in [0.1, 0.15) is 26.2 Å². The van der Waals surface area contributed by atoms with Crippen molar-refractivity contribution in [1.29, 1.82) is 0 Å². The summed E-state index contributed by atoms with van der Waals surface area (Å²) in [7, 11) is 1.56. The van der Waals surface area contributed by atoms with E-state index < -0.39 is 0 Å². The summed E-state index contributed by atoms with van der Waals surface area (Å²) in [6.07, 6.45) is 4.97. The first-order chi connectivity index (χ1) is 7.13. The normalized spacial score (nSPS) is 20.4. The molecule has 0 heterocycles. The molecule has 0 unspecified atom stereocenters. The Hall–Kier alpha value is -1.25. The lowest BCUT2D eigenvalue weighted by Gasteiger charge is -2.21. The van der Waals surface area contributed by atoms with Crippen molar-refractivity contribution < 1.29 is 9.53 Å². The Morgan fingerprint density at radius 2 is 2.47 bits per heavy atom. The van der Waals surface area contributed by atoms with Gasteiger partial charge < -0.3 is 10.1 Å². The lowest BCUT2D eigenvalue weighted by atomic mass is 9.86. The minimum Gasteiger partial charge on any atom is -0.445 e. The molecule has 0 fully saturated rings. The predicted molar refractivity (Wildman–Crippen MR) is 60.6 cm³/mol. The molecule has 1 aliphatic rings. The van der Waals surface area contributed by atoms with E-state index in [1.54, 1.807) is 7.05 Å². The van der Waals surface area contributed by atoms with Crippen molar-refractivity contribution in [1.82, 2.24) is 5.32 Å². The number of hydrogen-bond acceptors (Lipinski definition) is 2. The largest absolute Gasteiger partial charge is 0.445 e. The number of amides is 1. The van der Waals surface area contributed by atoms with Crippen molar-refractivity contribution in [2.24, 2.45) is 5.92 Å². The predicted octanol–water partition coefficient (Wildman–Crippen LogP) is 2.65. The molecule has 0 aromatic rings. The average Bonchev–Trinajstić information content (AvgIpc) is 2.26. The third kappa shape index (κ3) is 3.78. The fraction of sp³-hybridized carbons (Fsp3) is 0.583. The van der Waals surface area contributed by atoms with Crippen LogP contribution in [-0.2, 0) is 4.74 Å². The van der Waals surface area contributed by atoms with Crippen molar-refractivity contribution >= 4 is 6.09 Å². The van der Waals surface area contributed by atoms with Crippen LogP contribution in [0.25, 0.3) is 0 Å².